The zero-order valence-electron chi connectivity index (χ0n) is 12.6. The van der Waals surface area contributed by atoms with E-state index < -0.39 is 0 Å². The Balaban J connectivity index is 2.52. The van der Waals surface area contributed by atoms with Gasteiger partial charge in [0.25, 0.3) is 0 Å². The van der Waals surface area contributed by atoms with Gasteiger partial charge in [0.1, 0.15) is 0 Å². The number of pyridine rings is 1. The summed E-state index contributed by atoms with van der Waals surface area (Å²) in [7, 11) is 0. The van der Waals surface area contributed by atoms with Crippen molar-refractivity contribution in [1.82, 2.24) is 10.3 Å². The number of benzene rings is 1. The normalized spacial score (nSPS) is 11.7. The molecule has 0 fully saturated rings. The Hall–Kier alpha value is -1.41. The fourth-order valence-corrected chi connectivity index (χ4v) is 2.19. The van der Waals surface area contributed by atoms with Gasteiger partial charge in [-0.1, -0.05) is 39.3 Å². The van der Waals surface area contributed by atoms with Gasteiger partial charge in [-0.15, -0.1) is 0 Å². The Morgan fingerprint density at radius 2 is 1.84 bits per heavy atom. The second-order valence-electron chi connectivity index (χ2n) is 5.92. The highest BCUT2D eigenvalue weighted by Crippen LogP contribution is 2.23. The molecule has 0 aliphatic heterocycles. The zero-order chi connectivity index (χ0) is 14.0. The fraction of sp³-hybridized carbons (Fsp3) is 0.471. The monoisotopic (exact) mass is 256 g/mol. The van der Waals surface area contributed by atoms with Crippen molar-refractivity contribution in [2.24, 2.45) is 0 Å². The maximum atomic E-state index is 4.78. The molecule has 0 bridgehead atoms. The van der Waals surface area contributed by atoms with Gasteiger partial charge in [0, 0.05) is 23.7 Å². The van der Waals surface area contributed by atoms with Crippen LogP contribution in [0.5, 0.6) is 0 Å². The van der Waals surface area contributed by atoms with E-state index >= 15 is 0 Å². The first-order valence-corrected chi connectivity index (χ1v) is 7.11. The lowest BCUT2D eigenvalue weighted by Gasteiger charge is -2.14. The molecule has 2 nitrogen and oxygen atoms in total. The average molecular weight is 256 g/mol. The van der Waals surface area contributed by atoms with Crippen LogP contribution >= 0.6 is 0 Å². The van der Waals surface area contributed by atoms with E-state index in [4.69, 9.17) is 4.98 Å². The lowest BCUT2D eigenvalue weighted by atomic mass is 10.0. The van der Waals surface area contributed by atoms with Gasteiger partial charge in [0.05, 0.1) is 5.52 Å². The summed E-state index contributed by atoms with van der Waals surface area (Å²) in [5, 5.41) is 4.79. The predicted molar refractivity (Wildman–Crippen MR) is 82.5 cm³/mol. The molecule has 102 valence electrons. The molecule has 0 radical (unpaired) electrons. The molecule has 0 amide bonds. The number of hydrogen-bond acceptors (Lipinski definition) is 2. The van der Waals surface area contributed by atoms with Crippen LogP contribution in [0.2, 0.25) is 0 Å². The van der Waals surface area contributed by atoms with Gasteiger partial charge in [0.2, 0.25) is 0 Å². The molecule has 2 heteroatoms. The molecule has 1 heterocycles. The fourth-order valence-electron chi connectivity index (χ4n) is 2.19. The summed E-state index contributed by atoms with van der Waals surface area (Å²) in [6.45, 7) is 11.8. The second-order valence-corrected chi connectivity index (χ2v) is 5.92. The Morgan fingerprint density at radius 1 is 1.11 bits per heavy atom. The van der Waals surface area contributed by atoms with Crippen LogP contribution in [0.3, 0.4) is 0 Å². The minimum absolute atomic E-state index is 0.462. The first kappa shape index (κ1) is 14.0. The summed E-state index contributed by atoms with van der Waals surface area (Å²) in [5.41, 5.74) is 4.93. The van der Waals surface area contributed by atoms with Gasteiger partial charge in [-0.3, -0.25) is 4.98 Å². The number of hydrogen-bond donors (Lipinski definition) is 1. The van der Waals surface area contributed by atoms with Gasteiger partial charge >= 0.3 is 0 Å². The highest BCUT2D eigenvalue weighted by molar-refractivity contribution is 5.83. The van der Waals surface area contributed by atoms with Gasteiger partial charge in [-0.2, -0.15) is 0 Å². The lowest BCUT2D eigenvalue weighted by molar-refractivity contribution is 0.590. The Bertz CT molecular complexity index is 571. The van der Waals surface area contributed by atoms with E-state index in [2.05, 4.69) is 64.2 Å². The van der Waals surface area contributed by atoms with E-state index in [0.29, 0.717) is 12.0 Å². The zero-order valence-corrected chi connectivity index (χ0v) is 12.6. The number of aryl methyl sites for hydroxylation is 1. The van der Waals surface area contributed by atoms with Gasteiger partial charge in [0.15, 0.2) is 0 Å². The van der Waals surface area contributed by atoms with Gasteiger partial charge in [-0.25, -0.2) is 0 Å². The number of aromatic nitrogens is 1. The van der Waals surface area contributed by atoms with Crippen LogP contribution in [0.15, 0.2) is 24.3 Å². The van der Waals surface area contributed by atoms with Crippen LogP contribution < -0.4 is 5.32 Å². The molecule has 1 aromatic carbocycles. The number of rotatable bonds is 4. The third kappa shape index (κ3) is 3.32. The van der Waals surface area contributed by atoms with Crippen molar-refractivity contribution in [3.63, 3.8) is 0 Å². The smallest absolute Gasteiger partial charge is 0.0708 e. The second kappa shape index (κ2) is 5.70. The van der Waals surface area contributed by atoms with Crippen molar-refractivity contribution in [2.75, 3.05) is 0 Å². The van der Waals surface area contributed by atoms with Crippen LogP contribution in [0, 0.1) is 6.92 Å². The van der Waals surface area contributed by atoms with Crippen LogP contribution in [0.4, 0.5) is 0 Å². The molecule has 19 heavy (non-hydrogen) atoms. The summed E-state index contributed by atoms with van der Waals surface area (Å²) in [4.78, 5) is 4.78. The molecule has 0 atom stereocenters. The SMILES string of the molecule is Cc1ccc2nc(C(C)C)cc(CNC(C)C)c2c1. The Morgan fingerprint density at radius 3 is 2.47 bits per heavy atom. The van der Waals surface area contributed by atoms with Crippen LogP contribution in [0.1, 0.15) is 50.4 Å². The highest BCUT2D eigenvalue weighted by atomic mass is 14.9. The number of nitrogens with one attached hydrogen (secondary N) is 1. The minimum Gasteiger partial charge on any atom is -0.310 e. The number of fused-ring (bicyclic) bond motifs is 1. The third-order valence-corrected chi connectivity index (χ3v) is 3.36. The standard InChI is InChI=1S/C17H24N2/c1-11(2)17-9-14(10-18-12(3)4)15-8-13(5)6-7-16(15)19-17/h6-9,11-12,18H,10H2,1-5H3. The lowest BCUT2D eigenvalue weighted by Crippen LogP contribution is -2.22. The first-order valence-electron chi connectivity index (χ1n) is 7.11. The molecule has 0 saturated heterocycles. The molecular weight excluding hydrogens is 232 g/mol. The summed E-state index contributed by atoms with van der Waals surface area (Å²) in [6.07, 6.45) is 0. The van der Waals surface area contributed by atoms with Crippen molar-refractivity contribution in [2.45, 2.75) is 53.1 Å². The quantitative estimate of drug-likeness (QED) is 0.888. The molecule has 2 aromatic rings. The molecule has 0 spiro atoms. The summed E-state index contributed by atoms with van der Waals surface area (Å²) in [6, 6.07) is 9.26. The van der Waals surface area contributed by atoms with Crippen molar-refractivity contribution in [3.8, 4) is 0 Å². The first-order chi connectivity index (χ1) is 8.97. The van der Waals surface area contributed by atoms with Crippen LogP contribution in [-0.4, -0.2) is 11.0 Å². The van der Waals surface area contributed by atoms with E-state index in [9.17, 15) is 0 Å². The van der Waals surface area contributed by atoms with Gasteiger partial charge < -0.3 is 5.32 Å². The molecule has 2 rings (SSSR count). The van der Waals surface area contributed by atoms with Crippen molar-refractivity contribution >= 4 is 10.9 Å². The molecule has 0 unspecified atom stereocenters. The molecule has 1 aromatic heterocycles. The van der Waals surface area contributed by atoms with Gasteiger partial charge in [-0.05, 0) is 36.6 Å². The maximum Gasteiger partial charge on any atom is 0.0708 e. The minimum atomic E-state index is 0.462. The largest absolute Gasteiger partial charge is 0.310 e. The van der Waals surface area contributed by atoms with E-state index in [0.717, 1.165) is 12.1 Å². The van der Waals surface area contributed by atoms with E-state index in [1.54, 1.807) is 0 Å². The van der Waals surface area contributed by atoms with Crippen molar-refractivity contribution in [3.05, 3.63) is 41.1 Å². The molecule has 0 aliphatic rings. The summed E-state index contributed by atoms with van der Waals surface area (Å²) >= 11 is 0. The molecular formula is C17H24N2. The summed E-state index contributed by atoms with van der Waals surface area (Å²) in [5.74, 6) is 0.462. The third-order valence-electron chi connectivity index (χ3n) is 3.36. The summed E-state index contributed by atoms with van der Waals surface area (Å²) < 4.78 is 0. The Kier molecular flexibility index (Phi) is 4.20. The van der Waals surface area contributed by atoms with Crippen molar-refractivity contribution in [1.29, 1.82) is 0 Å². The molecule has 0 saturated carbocycles. The Labute approximate surface area is 116 Å². The van der Waals surface area contributed by atoms with E-state index in [1.807, 2.05) is 0 Å². The van der Waals surface area contributed by atoms with Crippen LogP contribution in [0.25, 0.3) is 10.9 Å². The van der Waals surface area contributed by atoms with E-state index in [-0.39, 0.29) is 0 Å². The molecule has 0 aliphatic carbocycles. The van der Waals surface area contributed by atoms with Crippen molar-refractivity contribution < 1.29 is 0 Å². The molecule has 1 N–H and O–H groups in total. The maximum absolute atomic E-state index is 4.78. The van der Waals surface area contributed by atoms with Crippen LogP contribution in [-0.2, 0) is 6.54 Å². The number of nitrogens with zero attached hydrogens (tertiary/aromatic N) is 1. The topological polar surface area (TPSA) is 24.9 Å². The van der Waals surface area contributed by atoms with E-state index in [1.165, 1.54) is 22.2 Å². The average Bonchev–Trinajstić information content (AvgIpc) is 2.35. The highest BCUT2D eigenvalue weighted by Gasteiger charge is 2.09. The predicted octanol–water partition coefficient (Wildman–Crippen LogP) is 4.16.